The van der Waals surface area contributed by atoms with E-state index in [4.69, 9.17) is 5.14 Å². The summed E-state index contributed by atoms with van der Waals surface area (Å²) in [6.45, 7) is 0.903. The molecule has 3 aromatic rings. The van der Waals surface area contributed by atoms with Gasteiger partial charge in [-0.2, -0.15) is 0 Å². The molecule has 134 valence electrons. The molecule has 0 aliphatic carbocycles. The SMILES string of the molecule is NS(=O)(=O)c1ccc(CNC(=O)c2cccn2Cc2ccccc2)cc1. The maximum absolute atomic E-state index is 12.5. The van der Waals surface area contributed by atoms with Gasteiger partial charge in [-0.3, -0.25) is 4.79 Å². The average Bonchev–Trinajstić information content (AvgIpc) is 3.08. The molecule has 6 nitrogen and oxygen atoms in total. The van der Waals surface area contributed by atoms with Crippen molar-refractivity contribution in [3.05, 3.63) is 89.7 Å². The molecule has 1 amide bonds. The number of nitrogens with zero attached hydrogens (tertiary/aromatic N) is 1. The molecule has 7 heteroatoms. The minimum Gasteiger partial charge on any atom is -0.347 e. The highest BCUT2D eigenvalue weighted by molar-refractivity contribution is 7.89. The monoisotopic (exact) mass is 369 g/mol. The molecular formula is C19H19N3O3S. The van der Waals surface area contributed by atoms with Gasteiger partial charge in [0.25, 0.3) is 5.91 Å². The summed E-state index contributed by atoms with van der Waals surface area (Å²) in [6.07, 6.45) is 1.86. The first kappa shape index (κ1) is 17.9. The summed E-state index contributed by atoms with van der Waals surface area (Å²) in [7, 11) is -3.71. The van der Waals surface area contributed by atoms with Crippen LogP contribution in [0.4, 0.5) is 0 Å². The Balaban J connectivity index is 1.65. The molecule has 0 aliphatic rings. The van der Waals surface area contributed by atoms with Crippen molar-refractivity contribution < 1.29 is 13.2 Å². The van der Waals surface area contributed by atoms with Crippen LogP contribution in [0.2, 0.25) is 0 Å². The van der Waals surface area contributed by atoms with Crippen LogP contribution >= 0.6 is 0 Å². The predicted octanol–water partition coefficient (Wildman–Crippen LogP) is 2.11. The number of primary sulfonamides is 1. The van der Waals surface area contributed by atoms with Gasteiger partial charge < -0.3 is 9.88 Å². The summed E-state index contributed by atoms with van der Waals surface area (Å²) >= 11 is 0. The molecule has 0 unspecified atom stereocenters. The van der Waals surface area contributed by atoms with E-state index >= 15 is 0 Å². The highest BCUT2D eigenvalue weighted by Crippen LogP contribution is 2.10. The molecular weight excluding hydrogens is 350 g/mol. The number of carbonyl (C=O) groups excluding carboxylic acids is 1. The van der Waals surface area contributed by atoms with Gasteiger partial charge in [-0.15, -0.1) is 0 Å². The fraction of sp³-hybridized carbons (Fsp3) is 0.105. The van der Waals surface area contributed by atoms with Gasteiger partial charge in [0, 0.05) is 19.3 Å². The van der Waals surface area contributed by atoms with Gasteiger partial charge in [-0.25, -0.2) is 13.6 Å². The van der Waals surface area contributed by atoms with Crippen LogP contribution in [0.3, 0.4) is 0 Å². The van der Waals surface area contributed by atoms with Gasteiger partial charge in [-0.1, -0.05) is 42.5 Å². The van der Waals surface area contributed by atoms with Crippen molar-refractivity contribution in [2.75, 3.05) is 0 Å². The van der Waals surface area contributed by atoms with E-state index in [0.29, 0.717) is 18.8 Å². The zero-order valence-electron chi connectivity index (χ0n) is 14.0. The Labute approximate surface area is 152 Å². The molecule has 0 aliphatic heterocycles. The van der Waals surface area contributed by atoms with Crippen molar-refractivity contribution in [1.82, 2.24) is 9.88 Å². The number of amides is 1. The number of nitrogens with one attached hydrogen (secondary N) is 1. The molecule has 3 rings (SSSR count). The van der Waals surface area contributed by atoms with Crippen LogP contribution in [0.15, 0.2) is 77.8 Å². The largest absolute Gasteiger partial charge is 0.347 e. The molecule has 0 spiro atoms. The van der Waals surface area contributed by atoms with Crippen LogP contribution in [0.25, 0.3) is 0 Å². The summed E-state index contributed by atoms with van der Waals surface area (Å²) in [6, 6.07) is 19.6. The lowest BCUT2D eigenvalue weighted by Gasteiger charge is -2.10. The van der Waals surface area contributed by atoms with E-state index in [1.807, 2.05) is 47.2 Å². The maximum atomic E-state index is 12.5. The lowest BCUT2D eigenvalue weighted by Crippen LogP contribution is -2.25. The minimum atomic E-state index is -3.71. The fourth-order valence-electron chi connectivity index (χ4n) is 2.61. The van der Waals surface area contributed by atoms with Crippen molar-refractivity contribution in [2.24, 2.45) is 5.14 Å². The van der Waals surface area contributed by atoms with E-state index in [-0.39, 0.29) is 10.8 Å². The van der Waals surface area contributed by atoms with Gasteiger partial charge in [-0.05, 0) is 35.4 Å². The van der Waals surface area contributed by atoms with E-state index in [2.05, 4.69) is 5.32 Å². The molecule has 26 heavy (non-hydrogen) atoms. The second kappa shape index (κ2) is 7.55. The number of carbonyl (C=O) groups is 1. The standard InChI is InChI=1S/C19H19N3O3S/c20-26(24,25)17-10-8-15(9-11-17)13-21-19(23)18-7-4-12-22(18)14-16-5-2-1-3-6-16/h1-12H,13-14H2,(H,21,23)(H2,20,24,25). The first-order chi connectivity index (χ1) is 12.4. The smallest absolute Gasteiger partial charge is 0.268 e. The van der Waals surface area contributed by atoms with Crippen LogP contribution in [-0.2, 0) is 23.1 Å². The third-order valence-electron chi connectivity index (χ3n) is 3.96. The number of sulfonamides is 1. The van der Waals surface area contributed by atoms with Crippen LogP contribution in [-0.4, -0.2) is 18.9 Å². The van der Waals surface area contributed by atoms with Crippen molar-refractivity contribution in [1.29, 1.82) is 0 Å². The van der Waals surface area contributed by atoms with E-state index < -0.39 is 10.0 Å². The summed E-state index contributed by atoms with van der Waals surface area (Å²) in [5.41, 5.74) is 2.46. The molecule has 0 bridgehead atoms. The number of rotatable bonds is 6. The summed E-state index contributed by atoms with van der Waals surface area (Å²) < 4.78 is 24.4. The van der Waals surface area contributed by atoms with Gasteiger partial charge in [0.05, 0.1) is 4.90 Å². The van der Waals surface area contributed by atoms with Gasteiger partial charge in [0.1, 0.15) is 5.69 Å². The number of aromatic nitrogens is 1. The van der Waals surface area contributed by atoms with E-state index in [1.54, 1.807) is 18.2 Å². The average molecular weight is 369 g/mol. The number of hydrogen-bond acceptors (Lipinski definition) is 3. The topological polar surface area (TPSA) is 94.2 Å². The highest BCUT2D eigenvalue weighted by Gasteiger charge is 2.11. The normalized spacial score (nSPS) is 11.3. The Morgan fingerprint density at radius 2 is 1.62 bits per heavy atom. The molecule has 0 saturated heterocycles. The van der Waals surface area contributed by atoms with E-state index in [9.17, 15) is 13.2 Å². The molecule has 1 heterocycles. The van der Waals surface area contributed by atoms with E-state index in [0.717, 1.165) is 11.1 Å². The first-order valence-corrected chi connectivity index (χ1v) is 9.57. The molecule has 1 aromatic heterocycles. The van der Waals surface area contributed by atoms with Crippen molar-refractivity contribution in [2.45, 2.75) is 18.0 Å². The third-order valence-corrected chi connectivity index (χ3v) is 4.89. The van der Waals surface area contributed by atoms with Gasteiger partial charge >= 0.3 is 0 Å². The zero-order chi connectivity index (χ0) is 18.6. The molecule has 0 radical (unpaired) electrons. The summed E-state index contributed by atoms with van der Waals surface area (Å²) in [5.74, 6) is -0.193. The van der Waals surface area contributed by atoms with Crippen LogP contribution in [0, 0.1) is 0 Å². The van der Waals surface area contributed by atoms with Crippen molar-refractivity contribution >= 4 is 15.9 Å². The quantitative estimate of drug-likeness (QED) is 0.697. The van der Waals surface area contributed by atoms with Gasteiger partial charge in [0.15, 0.2) is 0 Å². The predicted molar refractivity (Wildman–Crippen MR) is 99.0 cm³/mol. The zero-order valence-corrected chi connectivity index (χ0v) is 14.8. The molecule has 0 saturated carbocycles. The second-order valence-electron chi connectivity index (χ2n) is 5.88. The summed E-state index contributed by atoms with van der Waals surface area (Å²) in [4.78, 5) is 12.5. The Kier molecular flexibility index (Phi) is 5.20. The second-order valence-corrected chi connectivity index (χ2v) is 7.44. The van der Waals surface area contributed by atoms with Gasteiger partial charge in [0.2, 0.25) is 10.0 Å². The Morgan fingerprint density at radius 3 is 2.27 bits per heavy atom. The molecule has 0 fully saturated rings. The first-order valence-electron chi connectivity index (χ1n) is 8.02. The summed E-state index contributed by atoms with van der Waals surface area (Å²) in [5, 5.41) is 7.92. The van der Waals surface area contributed by atoms with Crippen LogP contribution < -0.4 is 10.5 Å². The molecule has 0 atom stereocenters. The van der Waals surface area contributed by atoms with Crippen LogP contribution in [0.5, 0.6) is 0 Å². The van der Waals surface area contributed by atoms with Crippen molar-refractivity contribution in [3.8, 4) is 0 Å². The number of nitrogens with two attached hydrogens (primary N) is 1. The Bertz CT molecular complexity index is 994. The Hall–Kier alpha value is -2.90. The Morgan fingerprint density at radius 1 is 0.923 bits per heavy atom. The van der Waals surface area contributed by atoms with Crippen molar-refractivity contribution in [3.63, 3.8) is 0 Å². The van der Waals surface area contributed by atoms with E-state index in [1.165, 1.54) is 12.1 Å². The lowest BCUT2D eigenvalue weighted by molar-refractivity contribution is 0.0942. The fourth-order valence-corrected chi connectivity index (χ4v) is 3.12. The maximum Gasteiger partial charge on any atom is 0.268 e. The van der Waals surface area contributed by atoms with Crippen LogP contribution in [0.1, 0.15) is 21.6 Å². The lowest BCUT2D eigenvalue weighted by atomic mass is 10.2. The third kappa shape index (κ3) is 4.38. The molecule has 3 N–H and O–H groups in total. The number of benzene rings is 2. The molecule has 2 aromatic carbocycles. The highest BCUT2D eigenvalue weighted by atomic mass is 32.2. The minimum absolute atomic E-state index is 0.0457. The number of hydrogen-bond donors (Lipinski definition) is 2.